The number of carbonyl (C=O) groups is 2. The molecule has 0 radical (unpaired) electrons. The molecule has 12 heteroatoms. The molecule has 0 saturated heterocycles. The number of allylic oxidation sites excluding steroid dienone is 2. The maximum Gasteiger partial charge on any atom is 0.416 e. The Morgan fingerprint density at radius 2 is 1.51 bits per heavy atom. The number of benzene rings is 2. The molecule has 212 valence electrons. The number of nitrogens with one attached hydrogen (secondary N) is 2. The molecule has 4 N–H and O–H groups in total. The number of hydrogen-bond acceptors (Lipinski definition) is 6. The highest BCUT2D eigenvalue weighted by Gasteiger charge is 2.31. The van der Waals surface area contributed by atoms with Gasteiger partial charge in [0.25, 0.3) is 5.91 Å². The minimum absolute atomic E-state index is 0.0765. The number of nitrogens with zero attached hydrogens (tertiary/aromatic N) is 1. The van der Waals surface area contributed by atoms with Crippen LogP contribution in [-0.4, -0.2) is 30.0 Å². The highest BCUT2D eigenvalue weighted by molar-refractivity contribution is 7.91. The van der Waals surface area contributed by atoms with Crippen LogP contribution in [0.1, 0.15) is 62.5 Å². The van der Waals surface area contributed by atoms with Crippen molar-refractivity contribution < 1.29 is 31.2 Å². The number of alkyl halides is 3. The van der Waals surface area contributed by atoms with Gasteiger partial charge in [-0.1, -0.05) is 24.3 Å². The monoisotopic (exact) mass is 566 g/mol. The molecule has 0 spiro atoms. The molecule has 0 aliphatic heterocycles. The Bertz CT molecular complexity index is 1360. The molecule has 0 fully saturated rings. The fraction of sp³-hybridized carbons (Fsp3) is 0.333. The molecule has 0 aliphatic carbocycles. The van der Waals surface area contributed by atoms with Gasteiger partial charge in [0.15, 0.2) is 0 Å². The summed E-state index contributed by atoms with van der Waals surface area (Å²) in [7, 11) is -3.87. The Balaban J connectivity index is 2.08. The first-order valence-electron chi connectivity index (χ1n) is 11.8. The first kappa shape index (κ1) is 31.6. The lowest BCUT2D eigenvalue weighted by Crippen LogP contribution is -2.42. The summed E-state index contributed by atoms with van der Waals surface area (Å²) in [6.45, 7) is 11.9. The van der Waals surface area contributed by atoms with Gasteiger partial charge in [-0.05, 0) is 82.2 Å². The van der Waals surface area contributed by atoms with Gasteiger partial charge in [0.2, 0.25) is 15.9 Å². The lowest BCUT2D eigenvalue weighted by molar-refractivity contribution is -0.137. The van der Waals surface area contributed by atoms with Crippen molar-refractivity contribution in [3.63, 3.8) is 0 Å². The van der Waals surface area contributed by atoms with E-state index in [-0.39, 0.29) is 18.5 Å². The third-order valence-corrected chi connectivity index (χ3v) is 7.92. The van der Waals surface area contributed by atoms with Gasteiger partial charge in [0.05, 0.1) is 23.3 Å². The number of anilines is 1. The van der Waals surface area contributed by atoms with Crippen LogP contribution in [0.3, 0.4) is 0 Å². The minimum atomic E-state index is -4.49. The zero-order valence-electron chi connectivity index (χ0n) is 22.4. The molecule has 2 aromatic carbocycles. The summed E-state index contributed by atoms with van der Waals surface area (Å²) in [6, 6.07) is 10.5. The molecule has 2 amide bonds. The Kier molecular flexibility index (Phi) is 9.75. The minimum Gasteiger partial charge on any atom is -0.322 e. The van der Waals surface area contributed by atoms with Crippen LogP contribution in [0.5, 0.6) is 0 Å². The van der Waals surface area contributed by atoms with Crippen molar-refractivity contribution >= 4 is 27.5 Å². The number of amides is 2. The van der Waals surface area contributed by atoms with Crippen LogP contribution in [-0.2, 0) is 27.5 Å². The van der Waals surface area contributed by atoms with Gasteiger partial charge < -0.3 is 10.3 Å². The summed E-state index contributed by atoms with van der Waals surface area (Å²) in [6.07, 6.45) is -4.72. The van der Waals surface area contributed by atoms with Gasteiger partial charge >= 0.3 is 6.18 Å². The van der Waals surface area contributed by atoms with Crippen LogP contribution in [0.4, 0.5) is 18.9 Å². The maximum atomic E-state index is 12.7. The Morgan fingerprint density at radius 3 is 1.97 bits per heavy atom. The lowest BCUT2D eigenvalue weighted by Gasteiger charge is -2.24. The summed E-state index contributed by atoms with van der Waals surface area (Å²) >= 11 is 0. The Morgan fingerprint density at radius 1 is 0.974 bits per heavy atom. The molecule has 0 atom stereocenters. The van der Waals surface area contributed by atoms with E-state index in [0.29, 0.717) is 22.5 Å². The fourth-order valence-electron chi connectivity index (χ4n) is 3.28. The molecular weight excluding hydrogens is 533 g/mol. The quantitative estimate of drug-likeness (QED) is 0.220. The lowest BCUT2D eigenvalue weighted by atomic mass is 10.0. The number of carbonyl (C=O) groups excluding carboxylic acids is 2. The van der Waals surface area contributed by atoms with Crippen LogP contribution >= 0.6 is 0 Å². The number of hydrazine groups is 1. The van der Waals surface area contributed by atoms with E-state index in [1.807, 2.05) is 0 Å². The zero-order valence-corrected chi connectivity index (χ0v) is 23.3. The second-order valence-electron chi connectivity index (χ2n) is 10.0. The SMILES string of the molecule is C=C(C)/C(CC(=O)NS(=O)(=O)C(C)(C)C)=C(/C)N(N)Cc1ccc(NC(=O)c2ccc(C(F)(F)F)cc2)cc1. The third-order valence-electron chi connectivity index (χ3n) is 5.81. The zero-order chi connectivity index (χ0) is 29.8. The largest absolute Gasteiger partial charge is 0.416 e. The van der Waals surface area contributed by atoms with Crippen molar-refractivity contribution in [2.75, 3.05) is 5.32 Å². The van der Waals surface area contributed by atoms with E-state index in [0.717, 1.165) is 29.8 Å². The van der Waals surface area contributed by atoms with Crippen LogP contribution < -0.4 is 15.9 Å². The van der Waals surface area contributed by atoms with Gasteiger partial charge in [-0.2, -0.15) is 13.2 Å². The van der Waals surface area contributed by atoms with Crippen LogP contribution in [0.15, 0.2) is 72.0 Å². The molecule has 0 heterocycles. The maximum absolute atomic E-state index is 12.7. The first-order chi connectivity index (χ1) is 17.8. The predicted molar refractivity (Wildman–Crippen MR) is 145 cm³/mol. The van der Waals surface area contributed by atoms with Crippen LogP contribution in [0.2, 0.25) is 0 Å². The van der Waals surface area contributed by atoms with Gasteiger partial charge in [0.1, 0.15) is 0 Å². The normalized spacial score (nSPS) is 12.8. The molecule has 2 aromatic rings. The number of rotatable bonds is 9. The molecule has 0 saturated carbocycles. The second kappa shape index (κ2) is 12.0. The molecule has 39 heavy (non-hydrogen) atoms. The van der Waals surface area contributed by atoms with Gasteiger partial charge in [0, 0.05) is 16.9 Å². The van der Waals surface area contributed by atoms with Gasteiger partial charge in [-0.15, -0.1) is 0 Å². The third kappa shape index (κ3) is 8.69. The fourth-order valence-corrected chi connectivity index (χ4v) is 3.96. The van der Waals surface area contributed by atoms with E-state index in [1.165, 1.54) is 25.8 Å². The molecule has 0 aromatic heterocycles. The topological polar surface area (TPSA) is 122 Å². The highest BCUT2D eigenvalue weighted by Crippen LogP contribution is 2.29. The van der Waals surface area contributed by atoms with Crippen molar-refractivity contribution in [2.24, 2.45) is 5.84 Å². The van der Waals surface area contributed by atoms with E-state index < -0.39 is 38.3 Å². The molecule has 0 aliphatic rings. The highest BCUT2D eigenvalue weighted by atomic mass is 32.2. The van der Waals surface area contributed by atoms with Crippen LogP contribution in [0.25, 0.3) is 0 Å². The Labute approximate surface area is 226 Å². The predicted octanol–water partition coefficient (Wildman–Crippen LogP) is 5.12. The smallest absolute Gasteiger partial charge is 0.322 e. The van der Waals surface area contributed by atoms with Crippen LogP contribution in [0, 0.1) is 0 Å². The summed E-state index contributed by atoms with van der Waals surface area (Å²) in [4.78, 5) is 24.9. The first-order valence-corrected chi connectivity index (χ1v) is 13.3. The van der Waals surface area contributed by atoms with Crippen molar-refractivity contribution in [3.05, 3.63) is 88.6 Å². The molecule has 0 unspecified atom stereocenters. The van der Waals surface area contributed by atoms with E-state index in [9.17, 15) is 31.2 Å². The van der Waals surface area contributed by atoms with Crippen molar-refractivity contribution in [1.29, 1.82) is 0 Å². The average Bonchev–Trinajstić information content (AvgIpc) is 2.81. The summed E-state index contributed by atoms with van der Waals surface area (Å²) in [5.74, 6) is 4.97. The van der Waals surface area contributed by atoms with Crippen molar-refractivity contribution in [3.8, 4) is 0 Å². The van der Waals surface area contributed by atoms with Gasteiger partial charge in [-0.3, -0.25) is 14.3 Å². The molecule has 2 rings (SSSR count). The number of sulfonamides is 1. The second-order valence-corrected chi connectivity index (χ2v) is 12.5. The van der Waals surface area contributed by atoms with E-state index in [1.54, 1.807) is 38.1 Å². The van der Waals surface area contributed by atoms with Crippen molar-refractivity contribution in [1.82, 2.24) is 9.73 Å². The molecular formula is C27H33F3N4O4S. The van der Waals surface area contributed by atoms with E-state index >= 15 is 0 Å². The van der Waals surface area contributed by atoms with E-state index in [4.69, 9.17) is 5.84 Å². The average molecular weight is 567 g/mol. The molecule has 8 nitrogen and oxygen atoms in total. The van der Waals surface area contributed by atoms with Gasteiger partial charge in [-0.25, -0.2) is 14.3 Å². The van der Waals surface area contributed by atoms with E-state index in [2.05, 4.69) is 16.6 Å². The molecule has 0 bridgehead atoms. The number of halogens is 3. The summed E-state index contributed by atoms with van der Waals surface area (Å²) in [5, 5.41) is 4.02. The number of nitrogens with two attached hydrogens (primary N) is 1. The number of hydrogen-bond donors (Lipinski definition) is 3. The summed E-state index contributed by atoms with van der Waals surface area (Å²) < 4.78 is 63.7. The standard InChI is InChI=1S/C27H33F3N4O4S/c1-17(2)23(15-24(35)33-39(37,38)26(4,5)6)18(3)34(31)16-19-7-13-22(14-8-19)32-25(36)20-9-11-21(12-10-20)27(28,29)30/h7-14H,1,15-16,31H2,2-6H3,(H,32,36)(H,33,35)/b23-18-. The Hall–Kier alpha value is -3.64. The van der Waals surface area contributed by atoms with Crippen molar-refractivity contribution in [2.45, 2.75) is 58.5 Å². The summed E-state index contributed by atoms with van der Waals surface area (Å²) in [5.41, 5.74) is 1.97.